The van der Waals surface area contributed by atoms with E-state index in [9.17, 15) is 27.2 Å². The molecule has 1 aliphatic heterocycles. The van der Waals surface area contributed by atoms with Gasteiger partial charge in [-0.25, -0.2) is 13.2 Å². The van der Waals surface area contributed by atoms with E-state index in [1.807, 2.05) is 0 Å². The fourth-order valence-electron chi connectivity index (χ4n) is 4.53. The molecule has 0 bridgehead atoms. The highest BCUT2D eigenvalue weighted by molar-refractivity contribution is 8.02. The lowest BCUT2D eigenvalue weighted by atomic mass is 10.0. The summed E-state index contributed by atoms with van der Waals surface area (Å²) in [5.74, 6) is -0.480. The number of esters is 1. The zero-order valence-corrected chi connectivity index (χ0v) is 26.6. The molecule has 0 spiro atoms. The van der Waals surface area contributed by atoms with Gasteiger partial charge in [0, 0.05) is 24.3 Å². The van der Waals surface area contributed by atoms with Crippen LogP contribution in [0.5, 0.6) is 11.5 Å². The zero-order valence-electron chi connectivity index (χ0n) is 22.7. The summed E-state index contributed by atoms with van der Waals surface area (Å²) in [6.45, 7) is -2.80. The molecule has 1 saturated heterocycles. The number of hydrogen-bond donors (Lipinski definition) is 0. The van der Waals surface area contributed by atoms with E-state index in [1.54, 1.807) is 6.07 Å². The van der Waals surface area contributed by atoms with Gasteiger partial charge in [-0.05, 0) is 48.6 Å². The maximum absolute atomic E-state index is 13.7. The summed E-state index contributed by atoms with van der Waals surface area (Å²) in [5.41, 5.74) is 0.575. The second-order valence-corrected chi connectivity index (χ2v) is 14.3. The normalized spacial score (nSPS) is 17.9. The molecular weight excluding hydrogens is 685 g/mol. The van der Waals surface area contributed by atoms with Crippen LogP contribution in [0.1, 0.15) is 30.1 Å². The molecule has 2 fully saturated rings. The van der Waals surface area contributed by atoms with E-state index in [1.165, 1.54) is 36.4 Å². The van der Waals surface area contributed by atoms with Gasteiger partial charge < -0.3 is 19.4 Å². The fourth-order valence-corrected chi connectivity index (χ4v) is 8.67. The minimum absolute atomic E-state index is 0.00296. The number of pyridine rings is 1. The van der Waals surface area contributed by atoms with E-state index in [0.717, 1.165) is 41.3 Å². The summed E-state index contributed by atoms with van der Waals surface area (Å²) in [4.78, 5) is 13.5. The van der Waals surface area contributed by atoms with Gasteiger partial charge in [-0.15, -0.1) is 11.8 Å². The molecule has 16 heteroatoms. The van der Waals surface area contributed by atoms with Gasteiger partial charge in [0.2, 0.25) is 10.0 Å². The summed E-state index contributed by atoms with van der Waals surface area (Å²) < 4.78 is 71.1. The largest absolute Gasteiger partial charge is 0.619 e. The number of alkyl halides is 2. The molecule has 2 aliphatic rings. The van der Waals surface area contributed by atoms with Crippen LogP contribution in [0.3, 0.4) is 0 Å². The third-order valence-electron chi connectivity index (χ3n) is 6.91. The van der Waals surface area contributed by atoms with E-state index >= 15 is 0 Å². The number of hydrogen-bond acceptors (Lipinski definition) is 8. The number of ether oxygens (including phenoxy) is 3. The molecule has 0 amide bonds. The van der Waals surface area contributed by atoms with Crippen LogP contribution in [-0.2, 0) is 26.0 Å². The Balaban J connectivity index is 1.48. The number of carbonyl (C=O) groups excluding carboxylic acids is 1. The molecule has 0 radical (unpaired) electrons. The van der Waals surface area contributed by atoms with Crippen molar-refractivity contribution in [3.8, 4) is 11.5 Å². The molecule has 236 valence electrons. The van der Waals surface area contributed by atoms with Crippen molar-refractivity contribution in [2.75, 3.05) is 18.9 Å². The van der Waals surface area contributed by atoms with E-state index in [2.05, 4.69) is 4.74 Å². The lowest BCUT2D eigenvalue weighted by Gasteiger charge is -2.26. The van der Waals surface area contributed by atoms with Gasteiger partial charge in [0.05, 0.1) is 11.6 Å². The third kappa shape index (κ3) is 7.63. The topological polar surface area (TPSA) is 109 Å². The molecule has 2 atom stereocenters. The van der Waals surface area contributed by atoms with Crippen LogP contribution in [0, 0.1) is 11.1 Å². The Morgan fingerprint density at radius 2 is 1.77 bits per heavy atom. The summed E-state index contributed by atoms with van der Waals surface area (Å²) >= 11 is 19.9. The van der Waals surface area contributed by atoms with Crippen molar-refractivity contribution in [3.63, 3.8) is 0 Å². The summed E-state index contributed by atoms with van der Waals surface area (Å²) in [5, 5.41) is 10.6. The second-order valence-electron chi connectivity index (χ2n) is 10.0. The number of rotatable bonds is 12. The van der Waals surface area contributed by atoms with Gasteiger partial charge in [0.1, 0.15) is 21.0 Å². The van der Waals surface area contributed by atoms with Gasteiger partial charge in [-0.1, -0.05) is 53.0 Å². The van der Waals surface area contributed by atoms with E-state index in [4.69, 9.17) is 44.3 Å². The van der Waals surface area contributed by atoms with Crippen LogP contribution in [-0.4, -0.2) is 49.6 Å². The van der Waals surface area contributed by atoms with Crippen LogP contribution in [0.4, 0.5) is 8.78 Å². The Bertz CT molecular complexity index is 1620. The van der Waals surface area contributed by atoms with E-state index in [0.29, 0.717) is 16.0 Å². The molecule has 5 rings (SSSR count). The maximum Gasteiger partial charge on any atom is 0.387 e. The highest BCUT2D eigenvalue weighted by Crippen LogP contribution is 2.39. The summed E-state index contributed by atoms with van der Waals surface area (Å²) in [7, 11) is -4.18. The Labute approximate surface area is 271 Å². The van der Waals surface area contributed by atoms with Gasteiger partial charge in [0.25, 0.3) is 0 Å². The summed E-state index contributed by atoms with van der Waals surface area (Å²) in [6, 6.07) is 9.99. The molecule has 2 aromatic carbocycles. The highest BCUT2D eigenvalue weighted by Gasteiger charge is 2.43. The minimum atomic E-state index is -4.18. The van der Waals surface area contributed by atoms with E-state index in [-0.39, 0.29) is 62.5 Å². The number of aromatic nitrogens is 1. The molecule has 3 aromatic rings. The lowest BCUT2D eigenvalue weighted by molar-refractivity contribution is -0.605. The van der Waals surface area contributed by atoms with Crippen molar-refractivity contribution >= 4 is 62.6 Å². The minimum Gasteiger partial charge on any atom is -0.619 e. The van der Waals surface area contributed by atoms with Gasteiger partial charge >= 0.3 is 12.6 Å². The van der Waals surface area contributed by atoms with Crippen LogP contribution >= 0.6 is 46.6 Å². The monoisotopic (exact) mass is 708 g/mol. The summed E-state index contributed by atoms with van der Waals surface area (Å²) in [6.07, 6.45) is 2.75. The molecule has 1 aliphatic carbocycles. The highest BCUT2D eigenvalue weighted by atomic mass is 35.5. The predicted molar refractivity (Wildman–Crippen MR) is 161 cm³/mol. The second kappa shape index (κ2) is 13.8. The van der Waals surface area contributed by atoms with Crippen LogP contribution in [0.25, 0.3) is 0 Å². The molecule has 9 nitrogen and oxygen atoms in total. The number of thioether (sulfide) groups is 1. The number of nitrogens with zero attached hydrogens (tertiary/aromatic N) is 2. The van der Waals surface area contributed by atoms with Crippen molar-refractivity contribution in [1.29, 1.82) is 0 Å². The third-order valence-corrected chi connectivity index (χ3v) is 11.2. The Morgan fingerprint density at radius 1 is 1.07 bits per heavy atom. The smallest absolute Gasteiger partial charge is 0.387 e. The van der Waals surface area contributed by atoms with Gasteiger partial charge in [-0.2, -0.15) is 17.8 Å². The SMILES string of the molecule is O=C(O[C@@H](Cc1c(Cl)c[n+]([O-])cc1Cl)c1ccc(OC(F)F)c(OCC2CC2)c1)C1SCCN1S(=O)(=O)c1ccccc1Cl. The van der Waals surface area contributed by atoms with Crippen molar-refractivity contribution in [2.24, 2.45) is 5.92 Å². The standard InChI is InChI=1S/C28H25Cl3F2N2O7S2/c29-19-3-1-2-4-25(19)44(38,39)35-9-10-43-26(35)27(36)41-23(12-18-20(30)13-34(37)14-21(18)31)17-7-8-22(42-28(32)33)24(11-17)40-15-16-5-6-16/h1-4,7-8,11,13-14,16,23,26,28H,5-6,9-10,12,15H2/t23-,26?/m0/s1. The first-order valence-electron chi connectivity index (χ1n) is 13.3. The fraction of sp³-hybridized carbons (Fsp3) is 0.357. The molecule has 1 aromatic heterocycles. The maximum atomic E-state index is 13.7. The number of halogens is 5. The lowest BCUT2D eigenvalue weighted by Crippen LogP contribution is -2.40. The molecular formula is C28H25Cl3F2N2O7S2. The molecule has 1 unspecified atom stereocenters. The van der Waals surface area contributed by atoms with Crippen molar-refractivity contribution in [2.45, 2.75) is 42.2 Å². The molecule has 44 heavy (non-hydrogen) atoms. The first-order valence-corrected chi connectivity index (χ1v) is 16.9. The first kappa shape index (κ1) is 32.8. The van der Waals surface area contributed by atoms with Gasteiger partial charge in [0.15, 0.2) is 29.3 Å². The first-order chi connectivity index (χ1) is 20.9. The molecule has 1 saturated carbocycles. The zero-order chi connectivity index (χ0) is 31.6. The molecule has 0 N–H and O–H groups in total. The predicted octanol–water partition coefficient (Wildman–Crippen LogP) is 6.26. The van der Waals surface area contributed by atoms with Crippen molar-refractivity contribution < 1.29 is 40.9 Å². The van der Waals surface area contributed by atoms with Crippen LogP contribution < -0.4 is 14.2 Å². The number of sulfonamides is 1. The van der Waals surface area contributed by atoms with E-state index < -0.39 is 34.1 Å². The Morgan fingerprint density at radius 3 is 2.43 bits per heavy atom. The van der Waals surface area contributed by atoms with Crippen molar-refractivity contribution in [1.82, 2.24) is 4.31 Å². The average molecular weight is 710 g/mol. The Kier molecular flexibility index (Phi) is 10.3. The number of carbonyl (C=O) groups is 1. The van der Waals surface area contributed by atoms with Gasteiger partial charge in [-0.3, -0.25) is 0 Å². The van der Waals surface area contributed by atoms with Crippen LogP contribution in [0.15, 0.2) is 59.8 Å². The average Bonchev–Trinajstić information content (AvgIpc) is 3.65. The number of benzene rings is 2. The Hall–Kier alpha value is -2.55. The molecule has 2 heterocycles. The quantitative estimate of drug-likeness (QED) is 0.123. The van der Waals surface area contributed by atoms with Crippen LogP contribution in [0.2, 0.25) is 15.1 Å². The van der Waals surface area contributed by atoms with Crippen molar-refractivity contribution in [3.05, 3.63) is 86.3 Å².